The number of carboxylic acid groups (broad SMARTS) is 1. The van der Waals surface area contributed by atoms with Crippen molar-refractivity contribution in [2.75, 3.05) is 0 Å². The van der Waals surface area contributed by atoms with Crippen molar-refractivity contribution in [3.8, 4) is 5.75 Å². The minimum Gasteiger partial charge on any atom is -0.489 e. The third-order valence-electron chi connectivity index (χ3n) is 3.78. The number of aryl methyl sites for hydroxylation is 1. The topological polar surface area (TPSA) is 46.5 Å². The molecule has 0 spiro atoms. The second kappa shape index (κ2) is 9.67. The van der Waals surface area contributed by atoms with Crippen molar-refractivity contribution in [1.29, 1.82) is 0 Å². The van der Waals surface area contributed by atoms with Crippen LogP contribution in [0.3, 0.4) is 0 Å². The predicted molar refractivity (Wildman–Crippen MR) is 91.6 cm³/mol. The molecule has 0 heterocycles. The number of benzene rings is 2. The standard InChI is InChI=1S/C20H24O3/c21-20(22)11-7-2-1-4-8-17-12-14-19(15-13-17)23-16-18-9-5-3-6-10-18/h3,5-6,9-10,12-15H,1-2,4,7-8,11,16H2,(H,21,22). The van der Waals surface area contributed by atoms with E-state index in [0.29, 0.717) is 6.61 Å². The number of ether oxygens (including phenoxy) is 1. The maximum Gasteiger partial charge on any atom is 0.303 e. The van der Waals surface area contributed by atoms with Crippen molar-refractivity contribution in [2.45, 2.75) is 45.1 Å². The lowest BCUT2D eigenvalue weighted by Crippen LogP contribution is -1.95. The molecule has 2 aromatic rings. The Balaban J connectivity index is 1.65. The van der Waals surface area contributed by atoms with Crippen LogP contribution in [0.25, 0.3) is 0 Å². The maximum atomic E-state index is 10.4. The molecule has 2 aromatic carbocycles. The van der Waals surface area contributed by atoms with Gasteiger partial charge in [-0.3, -0.25) is 4.79 Å². The summed E-state index contributed by atoms with van der Waals surface area (Å²) in [5.41, 5.74) is 2.47. The van der Waals surface area contributed by atoms with Crippen LogP contribution in [0, 0.1) is 0 Å². The van der Waals surface area contributed by atoms with Crippen molar-refractivity contribution in [2.24, 2.45) is 0 Å². The number of hydrogen-bond acceptors (Lipinski definition) is 2. The van der Waals surface area contributed by atoms with Crippen LogP contribution in [-0.4, -0.2) is 11.1 Å². The zero-order chi connectivity index (χ0) is 16.3. The van der Waals surface area contributed by atoms with E-state index >= 15 is 0 Å². The molecule has 0 saturated carbocycles. The molecule has 0 aliphatic rings. The molecule has 0 aromatic heterocycles. The summed E-state index contributed by atoms with van der Waals surface area (Å²) in [6.07, 6.45) is 5.27. The van der Waals surface area contributed by atoms with Crippen LogP contribution in [0.2, 0.25) is 0 Å². The molecule has 0 saturated heterocycles. The smallest absolute Gasteiger partial charge is 0.303 e. The van der Waals surface area contributed by atoms with E-state index in [2.05, 4.69) is 24.3 Å². The molecule has 0 fully saturated rings. The van der Waals surface area contributed by atoms with Crippen molar-refractivity contribution in [3.63, 3.8) is 0 Å². The van der Waals surface area contributed by atoms with Gasteiger partial charge in [0.05, 0.1) is 0 Å². The van der Waals surface area contributed by atoms with Gasteiger partial charge in [0, 0.05) is 6.42 Å². The van der Waals surface area contributed by atoms with Crippen LogP contribution in [-0.2, 0) is 17.8 Å². The van der Waals surface area contributed by atoms with Crippen LogP contribution in [0.4, 0.5) is 0 Å². The third kappa shape index (κ3) is 7.00. The molecule has 0 unspecified atom stereocenters. The van der Waals surface area contributed by atoms with Gasteiger partial charge in [0.15, 0.2) is 0 Å². The summed E-state index contributed by atoms with van der Waals surface area (Å²) in [7, 11) is 0. The molecule has 0 radical (unpaired) electrons. The van der Waals surface area contributed by atoms with E-state index in [1.165, 1.54) is 5.56 Å². The quantitative estimate of drug-likeness (QED) is 0.638. The minimum atomic E-state index is -0.698. The lowest BCUT2D eigenvalue weighted by molar-refractivity contribution is -0.137. The molecular weight excluding hydrogens is 288 g/mol. The molecule has 0 amide bonds. The predicted octanol–water partition coefficient (Wildman–Crippen LogP) is 4.84. The normalized spacial score (nSPS) is 10.4. The molecule has 2 rings (SSSR count). The Bertz CT molecular complexity index is 576. The van der Waals surface area contributed by atoms with Gasteiger partial charge in [-0.25, -0.2) is 0 Å². The molecule has 0 aliphatic carbocycles. The van der Waals surface area contributed by atoms with E-state index in [1.807, 2.05) is 30.3 Å². The summed E-state index contributed by atoms with van der Waals surface area (Å²) in [5, 5.41) is 8.58. The van der Waals surface area contributed by atoms with Crippen LogP contribution in [0.5, 0.6) is 5.75 Å². The van der Waals surface area contributed by atoms with Crippen LogP contribution >= 0.6 is 0 Å². The van der Waals surface area contributed by atoms with E-state index in [-0.39, 0.29) is 6.42 Å². The van der Waals surface area contributed by atoms with Gasteiger partial charge in [0.25, 0.3) is 0 Å². The summed E-state index contributed by atoms with van der Waals surface area (Å²) in [6.45, 7) is 0.587. The Hall–Kier alpha value is -2.29. The van der Waals surface area contributed by atoms with E-state index < -0.39 is 5.97 Å². The van der Waals surface area contributed by atoms with Crippen molar-refractivity contribution in [3.05, 3.63) is 65.7 Å². The molecule has 3 heteroatoms. The largest absolute Gasteiger partial charge is 0.489 e. The van der Waals surface area contributed by atoms with Crippen molar-refractivity contribution < 1.29 is 14.6 Å². The highest BCUT2D eigenvalue weighted by Gasteiger charge is 1.99. The molecule has 0 aliphatic heterocycles. The van der Waals surface area contributed by atoms with Crippen LogP contribution in [0.1, 0.15) is 43.2 Å². The van der Waals surface area contributed by atoms with E-state index in [0.717, 1.165) is 43.4 Å². The lowest BCUT2D eigenvalue weighted by atomic mass is 10.1. The number of hydrogen-bond donors (Lipinski definition) is 1. The molecule has 122 valence electrons. The Morgan fingerprint density at radius 3 is 2.22 bits per heavy atom. The average Bonchev–Trinajstić information content (AvgIpc) is 2.58. The fourth-order valence-corrected chi connectivity index (χ4v) is 2.45. The summed E-state index contributed by atoms with van der Waals surface area (Å²) < 4.78 is 5.77. The summed E-state index contributed by atoms with van der Waals surface area (Å²) in [6, 6.07) is 18.4. The van der Waals surface area contributed by atoms with Crippen LogP contribution < -0.4 is 4.74 Å². The molecule has 3 nitrogen and oxygen atoms in total. The van der Waals surface area contributed by atoms with Gasteiger partial charge in [0.2, 0.25) is 0 Å². The van der Waals surface area contributed by atoms with Crippen molar-refractivity contribution >= 4 is 5.97 Å². The fraction of sp³-hybridized carbons (Fsp3) is 0.350. The van der Waals surface area contributed by atoms with E-state index in [1.54, 1.807) is 0 Å². The van der Waals surface area contributed by atoms with Gasteiger partial charge >= 0.3 is 5.97 Å². The highest BCUT2D eigenvalue weighted by Crippen LogP contribution is 2.16. The third-order valence-corrected chi connectivity index (χ3v) is 3.78. The number of carbonyl (C=O) groups is 1. The SMILES string of the molecule is O=C(O)CCCCCCc1ccc(OCc2ccccc2)cc1. The van der Waals surface area contributed by atoms with Crippen molar-refractivity contribution in [1.82, 2.24) is 0 Å². The van der Waals surface area contributed by atoms with Gasteiger partial charge in [0.1, 0.15) is 12.4 Å². The first-order valence-corrected chi connectivity index (χ1v) is 8.21. The summed E-state index contributed by atoms with van der Waals surface area (Å²) >= 11 is 0. The van der Waals surface area contributed by atoms with Crippen LogP contribution in [0.15, 0.2) is 54.6 Å². The highest BCUT2D eigenvalue weighted by molar-refractivity contribution is 5.66. The number of carboxylic acids is 1. The molecule has 0 atom stereocenters. The lowest BCUT2D eigenvalue weighted by Gasteiger charge is -2.07. The number of rotatable bonds is 10. The first-order chi connectivity index (χ1) is 11.2. The Morgan fingerprint density at radius 2 is 1.52 bits per heavy atom. The molecule has 23 heavy (non-hydrogen) atoms. The molecule has 0 bridgehead atoms. The minimum absolute atomic E-state index is 0.285. The van der Waals surface area contributed by atoms with Gasteiger partial charge in [-0.2, -0.15) is 0 Å². The Morgan fingerprint density at radius 1 is 0.826 bits per heavy atom. The highest BCUT2D eigenvalue weighted by atomic mass is 16.5. The van der Waals surface area contributed by atoms with E-state index in [4.69, 9.17) is 9.84 Å². The average molecular weight is 312 g/mol. The molecule has 1 N–H and O–H groups in total. The summed E-state index contributed by atoms with van der Waals surface area (Å²) in [4.78, 5) is 10.4. The van der Waals surface area contributed by atoms with Gasteiger partial charge in [-0.05, 0) is 42.5 Å². The maximum absolute atomic E-state index is 10.4. The second-order valence-electron chi connectivity index (χ2n) is 5.73. The number of aliphatic carboxylic acids is 1. The fourth-order valence-electron chi connectivity index (χ4n) is 2.45. The van der Waals surface area contributed by atoms with Gasteiger partial charge in [-0.15, -0.1) is 0 Å². The zero-order valence-corrected chi connectivity index (χ0v) is 13.4. The van der Waals surface area contributed by atoms with Gasteiger partial charge in [-0.1, -0.05) is 55.3 Å². The van der Waals surface area contributed by atoms with Gasteiger partial charge < -0.3 is 9.84 Å². The summed E-state index contributed by atoms with van der Waals surface area (Å²) in [5.74, 6) is 0.190. The zero-order valence-electron chi connectivity index (χ0n) is 13.4. The first-order valence-electron chi connectivity index (χ1n) is 8.21. The number of unbranched alkanes of at least 4 members (excludes halogenated alkanes) is 3. The Labute approximate surface area is 137 Å². The molecular formula is C20H24O3. The first kappa shape index (κ1) is 17.1. The Kier molecular flexibility index (Phi) is 7.18. The second-order valence-corrected chi connectivity index (χ2v) is 5.73. The van der Waals surface area contributed by atoms with E-state index in [9.17, 15) is 4.79 Å². The monoisotopic (exact) mass is 312 g/mol.